The first-order valence-corrected chi connectivity index (χ1v) is 8.22. The molecule has 0 aliphatic heterocycles. The van der Waals surface area contributed by atoms with Gasteiger partial charge in [0.1, 0.15) is 5.75 Å². The van der Waals surface area contributed by atoms with Crippen molar-refractivity contribution in [2.45, 2.75) is 6.92 Å². The predicted octanol–water partition coefficient (Wildman–Crippen LogP) is 5.54. The van der Waals surface area contributed by atoms with Crippen LogP contribution in [-0.4, -0.2) is 11.0 Å². The highest BCUT2D eigenvalue weighted by atomic mass is 35.5. The van der Waals surface area contributed by atoms with E-state index in [1.165, 1.54) is 12.1 Å². The number of rotatable bonds is 5. The number of carbonyl (C=O) groups is 2. The molecule has 3 nitrogen and oxygen atoms in total. The van der Waals surface area contributed by atoms with Gasteiger partial charge in [0.25, 0.3) is 5.24 Å². The lowest BCUT2D eigenvalue weighted by Crippen LogP contribution is -2.08. The highest BCUT2D eigenvalue weighted by Gasteiger charge is 2.23. The molecular weight excluding hydrogens is 355 g/mol. The SMILES string of the molecule is Cc1ccc(C(=O)c2ccc(C(=O)Cl)c(Oc3ccccc3)c2F)cc1. The molecule has 0 bridgehead atoms. The van der Waals surface area contributed by atoms with Crippen molar-refractivity contribution in [1.82, 2.24) is 0 Å². The lowest BCUT2D eigenvalue weighted by molar-refractivity contribution is 0.103. The normalized spacial score (nSPS) is 10.4. The van der Waals surface area contributed by atoms with Crippen LogP contribution in [0.3, 0.4) is 0 Å². The Labute approximate surface area is 155 Å². The van der Waals surface area contributed by atoms with Crippen LogP contribution in [0.5, 0.6) is 11.5 Å². The molecular formula is C21H14ClFO3. The van der Waals surface area contributed by atoms with Crippen molar-refractivity contribution < 1.29 is 18.7 Å². The third-order valence-electron chi connectivity index (χ3n) is 3.83. The van der Waals surface area contributed by atoms with Crippen LogP contribution in [-0.2, 0) is 0 Å². The first-order valence-electron chi connectivity index (χ1n) is 7.84. The van der Waals surface area contributed by atoms with Crippen LogP contribution in [0.4, 0.5) is 4.39 Å². The summed E-state index contributed by atoms with van der Waals surface area (Å²) in [5.74, 6) is -1.47. The molecule has 5 heteroatoms. The summed E-state index contributed by atoms with van der Waals surface area (Å²) in [5, 5.41) is -0.871. The molecule has 3 aromatic rings. The molecule has 130 valence electrons. The fraction of sp³-hybridized carbons (Fsp3) is 0.0476. The van der Waals surface area contributed by atoms with Gasteiger partial charge < -0.3 is 4.74 Å². The molecule has 0 spiro atoms. The van der Waals surface area contributed by atoms with Gasteiger partial charge in [0.05, 0.1) is 11.1 Å². The van der Waals surface area contributed by atoms with Gasteiger partial charge in [0.2, 0.25) is 0 Å². The zero-order valence-corrected chi connectivity index (χ0v) is 14.6. The van der Waals surface area contributed by atoms with Crippen molar-refractivity contribution >= 4 is 22.6 Å². The van der Waals surface area contributed by atoms with Gasteiger partial charge in [0, 0.05) is 5.56 Å². The minimum atomic E-state index is -0.925. The van der Waals surface area contributed by atoms with E-state index in [1.807, 2.05) is 6.92 Å². The Hall–Kier alpha value is -2.98. The van der Waals surface area contributed by atoms with Gasteiger partial charge in [-0.25, -0.2) is 4.39 Å². The van der Waals surface area contributed by atoms with Gasteiger partial charge in [-0.05, 0) is 42.8 Å². The number of para-hydroxylation sites is 1. The van der Waals surface area contributed by atoms with Crippen LogP contribution in [0.2, 0.25) is 0 Å². The fourth-order valence-electron chi connectivity index (χ4n) is 2.45. The summed E-state index contributed by atoms with van der Waals surface area (Å²) in [6.45, 7) is 1.89. The summed E-state index contributed by atoms with van der Waals surface area (Å²) in [6, 6.07) is 17.7. The van der Waals surface area contributed by atoms with Crippen molar-refractivity contribution in [3.63, 3.8) is 0 Å². The molecule has 0 radical (unpaired) electrons. The summed E-state index contributed by atoms with van der Waals surface area (Å²) in [6.07, 6.45) is 0. The van der Waals surface area contributed by atoms with Crippen molar-refractivity contribution in [3.8, 4) is 11.5 Å². The zero-order valence-electron chi connectivity index (χ0n) is 13.8. The lowest BCUT2D eigenvalue weighted by atomic mass is 10.00. The Balaban J connectivity index is 2.07. The smallest absolute Gasteiger partial charge is 0.256 e. The first kappa shape index (κ1) is 17.8. The molecule has 0 heterocycles. The van der Waals surface area contributed by atoms with Crippen molar-refractivity contribution in [1.29, 1.82) is 0 Å². The molecule has 0 amide bonds. The summed E-state index contributed by atoms with van der Waals surface area (Å²) < 4.78 is 20.6. The Morgan fingerprint density at radius 3 is 2.12 bits per heavy atom. The largest absolute Gasteiger partial charge is 0.453 e. The first-order chi connectivity index (χ1) is 12.5. The van der Waals surface area contributed by atoms with E-state index in [2.05, 4.69) is 0 Å². The van der Waals surface area contributed by atoms with Crippen LogP contribution >= 0.6 is 11.6 Å². The van der Waals surface area contributed by atoms with Crippen molar-refractivity contribution in [2.24, 2.45) is 0 Å². The number of aryl methyl sites for hydroxylation is 1. The number of benzene rings is 3. The molecule has 0 saturated heterocycles. The minimum Gasteiger partial charge on any atom is -0.453 e. The van der Waals surface area contributed by atoms with E-state index in [4.69, 9.17) is 16.3 Å². The maximum Gasteiger partial charge on any atom is 0.256 e. The van der Waals surface area contributed by atoms with Gasteiger partial charge in [-0.1, -0.05) is 48.0 Å². The summed E-state index contributed by atoms with van der Waals surface area (Å²) in [4.78, 5) is 24.3. The molecule has 0 unspecified atom stereocenters. The van der Waals surface area contributed by atoms with E-state index in [-0.39, 0.29) is 16.9 Å². The van der Waals surface area contributed by atoms with Gasteiger partial charge in [-0.15, -0.1) is 0 Å². The van der Waals surface area contributed by atoms with E-state index in [1.54, 1.807) is 54.6 Å². The second kappa shape index (κ2) is 7.50. The molecule has 0 aliphatic rings. The van der Waals surface area contributed by atoms with Crippen molar-refractivity contribution in [3.05, 3.63) is 94.8 Å². The molecule has 3 rings (SSSR count). The maximum absolute atomic E-state index is 15.0. The van der Waals surface area contributed by atoms with Crippen LogP contribution in [0.1, 0.15) is 31.8 Å². The predicted molar refractivity (Wildman–Crippen MR) is 97.7 cm³/mol. The van der Waals surface area contributed by atoms with Gasteiger partial charge >= 0.3 is 0 Å². The van der Waals surface area contributed by atoms with Gasteiger partial charge in [0.15, 0.2) is 17.3 Å². The molecule has 0 N–H and O–H groups in total. The number of hydrogen-bond donors (Lipinski definition) is 0. The third-order valence-corrected chi connectivity index (χ3v) is 4.03. The number of ether oxygens (including phenoxy) is 1. The van der Waals surface area contributed by atoms with Crippen molar-refractivity contribution in [2.75, 3.05) is 0 Å². The topological polar surface area (TPSA) is 43.4 Å². The molecule has 26 heavy (non-hydrogen) atoms. The molecule has 0 saturated carbocycles. The van der Waals surface area contributed by atoms with E-state index in [0.29, 0.717) is 11.3 Å². The average Bonchev–Trinajstić information content (AvgIpc) is 2.64. The third kappa shape index (κ3) is 3.65. The summed E-state index contributed by atoms with van der Waals surface area (Å²) in [5.41, 5.74) is 0.984. The van der Waals surface area contributed by atoms with Crippen LogP contribution < -0.4 is 4.74 Å². The summed E-state index contributed by atoms with van der Waals surface area (Å²) in [7, 11) is 0. The average molecular weight is 369 g/mol. The lowest BCUT2D eigenvalue weighted by Gasteiger charge is -2.12. The van der Waals surface area contributed by atoms with Crippen LogP contribution in [0.15, 0.2) is 66.7 Å². The van der Waals surface area contributed by atoms with E-state index in [9.17, 15) is 9.59 Å². The fourth-order valence-corrected chi connectivity index (χ4v) is 2.60. The monoisotopic (exact) mass is 368 g/mol. The van der Waals surface area contributed by atoms with E-state index >= 15 is 4.39 Å². The Morgan fingerprint density at radius 2 is 1.50 bits per heavy atom. The molecule has 3 aromatic carbocycles. The molecule has 0 fully saturated rings. The van der Waals surface area contributed by atoms with Crippen LogP contribution in [0, 0.1) is 12.7 Å². The Kier molecular flexibility index (Phi) is 5.14. The van der Waals surface area contributed by atoms with E-state index < -0.39 is 16.8 Å². The number of hydrogen-bond acceptors (Lipinski definition) is 3. The quantitative estimate of drug-likeness (QED) is 0.439. The van der Waals surface area contributed by atoms with E-state index in [0.717, 1.165) is 5.56 Å². The molecule has 0 atom stereocenters. The number of ketones is 1. The Bertz CT molecular complexity index is 967. The second-order valence-electron chi connectivity index (χ2n) is 5.69. The standard InChI is InChI=1S/C21H14ClFO3/c1-13-7-9-14(10-8-13)19(24)16-11-12-17(21(22)25)20(18(16)23)26-15-5-3-2-4-6-15/h2-12H,1H3. The highest BCUT2D eigenvalue weighted by Crippen LogP contribution is 2.32. The number of carbonyl (C=O) groups excluding carboxylic acids is 2. The second-order valence-corrected chi connectivity index (χ2v) is 6.03. The molecule has 0 aliphatic carbocycles. The minimum absolute atomic E-state index is 0.145. The number of halogens is 2. The maximum atomic E-state index is 15.0. The zero-order chi connectivity index (χ0) is 18.7. The Morgan fingerprint density at radius 1 is 0.885 bits per heavy atom. The van der Waals surface area contributed by atoms with Gasteiger partial charge in [-0.2, -0.15) is 0 Å². The van der Waals surface area contributed by atoms with Gasteiger partial charge in [-0.3, -0.25) is 9.59 Å². The summed E-state index contributed by atoms with van der Waals surface area (Å²) >= 11 is 5.54. The van der Waals surface area contributed by atoms with Crippen LogP contribution in [0.25, 0.3) is 0 Å². The molecule has 0 aromatic heterocycles. The highest BCUT2D eigenvalue weighted by molar-refractivity contribution is 6.68.